The number of amides is 2. The molecule has 1 aliphatic heterocycles. The van der Waals surface area contributed by atoms with Crippen molar-refractivity contribution in [2.75, 3.05) is 6.54 Å². The van der Waals surface area contributed by atoms with Gasteiger partial charge in [-0.2, -0.15) is 0 Å². The number of nitrogens with one attached hydrogen (secondary N) is 1. The number of thiocarbonyl (C=S) groups is 1. The molecule has 0 spiro atoms. The van der Waals surface area contributed by atoms with Gasteiger partial charge in [0.25, 0.3) is 11.8 Å². The molecule has 0 bridgehead atoms. The Bertz CT molecular complexity index is 1040. The van der Waals surface area contributed by atoms with Crippen molar-refractivity contribution in [3.8, 4) is 5.75 Å². The van der Waals surface area contributed by atoms with Crippen molar-refractivity contribution in [3.63, 3.8) is 0 Å². The van der Waals surface area contributed by atoms with Gasteiger partial charge in [-0.3, -0.25) is 19.8 Å². The first-order valence-electron chi connectivity index (χ1n) is 8.92. The molecule has 152 valence electrons. The van der Waals surface area contributed by atoms with Crippen LogP contribution < -0.4 is 15.2 Å². The highest BCUT2D eigenvalue weighted by Crippen LogP contribution is 2.19. The van der Waals surface area contributed by atoms with Gasteiger partial charge in [-0.25, -0.2) is 0 Å². The van der Waals surface area contributed by atoms with Gasteiger partial charge in [-0.05, 0) is 47.1 Å². The number of hydrogen-bond donors (Lipinski definition) is 1. The molecule has 1 aliphatic rings. The number of rotatable bonds is 7. The van der Waals surface area contributed by atoms with E-state index in [4.69, 9.17) is 17.0 Å². The Hall–Kier alpha value is -3.78. The summed E-state index contributed by atoms with van der Waals surface area (Å²) in [4.78, 5) is 36.7. The van der Waals surface area contributed by atoms with E-state index in [2.05, 4.69) is 11.9 Å². The summed E-state index contributed by atoms with van der Waals surface area (Å²) in [5.41, 5.74) is 1.52. The standard InChI is InChI=1S/C22H18N2O5S/c1-2-11-24-20(26)18(19(25)23-22(24)30)12-14-5-9-17(10-6-14)29-13-15-3-7-16(8-4-15)21(27)28/h2-10,12H,1,11,13H2,(H,27,28)(H,23,25,30)/p-1/b18-12+. The Labute approximate surface area is 178 Å². The molecular weight excluding hydrogens is 404 g/mol. The van der Waals surface area contributed by atoms with Gasteiger partial charge < -0.3 is 14.6 Å². The van der Waals surface area contributed by atoms with E-state index in [0.29, 0.717) is 11.3 Å². The van der Waals surface area contributed by atoms with Crippen molar-refractivity contribution in [3.05, 3.63) is 83.4 Å². The lowest BCUT2D eigenvalue weighted by atomic mass is 10.1. The lowest BCUT2D eigenvalue weighted by Gasteiger charge is -2.27. The normalized spacial score (nSPS) is 15.1. The zero-order valence-electron chi connectivity index (χ0n) is 15.8. The van der Waals surface area contributed by atoms with Crippen molar-refractivity contribution in [2.24, 2.45) is 0 Å². The first-order valence-corrected chi connectivity index (χ1v) is 9.33. The molecule has 0 unspecified atom stereocenters. The van der Waals surface area contributed by atoms with Crippen LogP contribution in [0, 0.1) is 0 Å². The van der Waals surface area contributed by atoms with Crippen LogP contribution in [0.3, 0.4) is 0 Å². The smallest absolute Gasteiger partial charge is 0.265 e. The molecule has 3 rings (SSSR count). The number of carboxylic acids is 1. The van der Waals surface area contributed by atoms with Crippen LogP contribution in [-0.2, 0) is 16.2 Å². The van der Waals surface area contributed by atoms with Crippen molar-refractivity contribution >= 4 is 41.2 Å². The van der Waals surface area contributed by atoms with Crippen molar-refractivity contribution in [1.82, 2.24) is 10.2 Å². The van der Waals surface area contributed by atoms with E-state index >= 15 is 0 Å². The molecule has 0 aliphatic carbocycles. The van der Waals surface area contributed by atoms with Gasteiger partial charge in [0.05, 0.1) is 5.97 Å². The number of hydrogen-bond acceptors (Lipinski definition) is 6. The predicted molar refractivity (Wildman–Crippen MR) is 112 cm³/mol. The fourth-order valence-corrected chi connectivity index (χ4v) is 2.97. The van der Waals surface area contributed by atoms with Gasteiger partial charge in [0, 0.05) is 6.54 Å². The summed E-state index contributed by atoms with van der Waals surface area (Å²) in [6.45, 7) is 4.04. The largest absolute Gasteiger partial charge is 0.545 e. The summed E-state index contributed by atoms with van der Waals surface area (Å²) in [7, 11) is 0. The topological polar surface area (TPSA) is 98.8 Å². The molecule has 2 aromatic rings. The monoisotopic (exact) mass is 421 g/mol. The van der Waals surface area contributed by atoms with Crippen LogP contribution >= 0.6 is 12.2 Å². The highest BCUT2D eigenvalue weighted by atomic mass is 32.1. The number of carbonyl (C=O) groups excluding carboxylic acids is 3. The molecule has 2 aromatic carbocycles. The molecule has 0 aromatic heterocycles. The minimum Gasteiger partial charge on any atom is -0.545 e. The summed E-state index contributed by atoms with van der Waals surface area (Å²) in [6, 6.07) is 13.1. The number of aromatic carboxylic acids is 1. The highest BCUT2D eigenvalue weighted by Gasteiger charge is 2.32. The van der Waals surface area contributed by atoms with E-state index in [1.165, 1.54) is 29.2 Å². The molecule has 1 saturated heterocycles. The van der Waals surface area contributed by atoms with Crippen molar-refractivity contribution < 1.29 is 24.2 Å². The molecule has 8 heteroatoms. The maximum Gasteiger partial charge on any atom is 0.265 e. The fourth-order valence-electron chi connectivity index (χ4n) is 2.72. The van der Waals surface area contributed by atoms with Gasteiger partial charge in [-0.15, -0.1) is 6.58 Å². The highest BCUT2D eigenvalue weighted by molar-refractivity contribution is 7.80. The van der Waals surface area contributed by atoms with Crippen LogP contribution in [0.4, 0.5) is 0 Å². The van der Waals surface area contributed by atoms with E-state index in [1.54, 1.807) is 36.4 Å². The number of carbonyl (C=O) groups is 3. The van der Waals surface area contributed by atoms with Gasteiger partial charge >= 0.3 is 0 Å². The first-order chi connectivity index (χ1) is 14.4. The molecular formula is C22H17N2O5S-. The van der Waals surface area contributed by atoms with Crippen molar-refractivity contribution in [2.45, 2.75) is 6.61 Å². The molecule has 0 atom stereocenters. The molecule has 1 fully saturated rings. The molecule has 1 N–H and O–H groups in total. The van der Waals surface area contributed by atoms with E-state index in [-0.39, 0.29) is 29.4 Å². The molecule has 1 heterocycles. The molecule has 30 heavy (non-hydrogen) atoms. The quantitative estimate of drug-likeness (QED) is 0.314. The predicted octanol–water partition coefficient (Wildman–Crippen LogP) is 1.44. The minimum atomic E-state index is -1.23. The Morgan fingerprint density at radius 2 is 1.80 bits per heavy atom. The van der Waals surface area contributed by atoms with Crippen LogP contribution in [-0.4, -0.2) is 34.3 Å². The van der Waals surface area contributed by atoms with Crippen LogP contribution in [0.1, 0.15) is 21.5 Å². The molecule has 7 nitrogen and oxygen atoms in total. The van der Waals surface area contributed by atoms with Gasteiger partial charge in [0.2, 0.25) is 0 Å². The Morgan fingerprint density at radius 3 is 2.40 bits per heavy atom. The van der Waals surface area contributed by atoms with Crippen molar-refractivity contribution in [1.29, 1.82) is 0 Å². The van der Waals surface area contributed by atoms with Gasteiger partial charge in [-0.1, -0.05) is 42.5 Å². The third-order valence-electron chi connectivity index (χ3n) is 4.28. The Morgan fingerprint density at radius 1 is 1.13 bits per heavy atom. The summed E-state index contributed by atoms with van der Waals surface area (Å²) in [5.74, 6) is -1.68. The summed E-state index contributed by atoms with van der Waals surface area (Å²) >= 11 is 5.02. The lowest BCUT2D eigenvalue weighted by Crippen LogP contribution is -2.53. The zero-order chi connectivity index (χ0) is 21.7. The number of nitrogens with zero attached hydrogens (tertiary/aromatic N) is 1. The second kappa shape index (κ2) is 9.15. The average Bonchev–Trinajstić information content (AvgIpc) is 2.74. The van der Waals surface area contributed by atoms with Gasteiger partial charge in [0.15, 0.2) is 5.11 Å². The maximum atomic E-state index is 12.5. The van der Waals surface area contributed by atoms with Crippen LogP contribution in [0.5, 0.6) is 5.75 Å². The maximum absolute atomic E-state index is 12.5. The zero-order valence-corrected chi connectivity index (χ0v) is 16.6. The third kappa shape index (κ3) is 4.79. The summed E-state index contributed by atoms with van der Waals surface area (Å²) < 4.78 is 5.68. The second-order valence-electron chi connectivity index (χ2n) is 6.36. The van der Waals surface area contributed by atoms with E-state index < -0.39 is 17.8 Å². The molecule has 0 radical (unpaired) electrons. The molecule has 2 amide bonds. The Balaban J connectivity index is 1.68. The minimum absolute atomic E-state index is 0.0212. The van der Waals surface area contributed by atoms with Gasteiger partial charge in [0.1, 0.15) is 17.9 Å². The number of ether oxygens (including phenoxy) is 1. The van der Waals surface area contributed by atoms with E-state index in [0.717, 1.165) is 5.56 Å². The molecule has 0 saturated carbocycles. The van der Waals surface area contributed by atoms with Crippen LogP contribution in [0.15, 0.2) is 66.8 Å². The summed E-state index contributed by atoms with van der Waals surface area (Å²) in [6.07, 6.45) is 3.01. The summed E-state index contributed by atoms with van der Waals surface area (Å²) in [5, 5.41) is 13.3. The average molecular weight is 421 g/mol. The fraction of sp³-hybridized carbons (Fsp3) is 0.0909. The number of benzene rings is 2. The lowest BCUT2D eigenvalue weighted by molar-refractivity contribution is -0.255. The second-order valence-corrected chi connectivity index (χ2v) is 6.75. The SMILES string of the molecule is C=CCN1C(=O)/C(=C/c2ccc(OCc3ccc(C(=O)[O-])cc3)cc2)C(=O)NC1=S. The van der Waals surface area contributed by atoms with Crippen LogP contribution in [0.25, 0.3) is 6.08 Å². The van der Waals surface area contributed by atoms with E-state index in [1.807, 2.05) is 0 Å². The number of carboxylic acid groups (broad SMARTS) is 1. The Kier molecular flexibility index (Phi) is 6.38. The first kappa shape index (κ1) is 20.9. The van der Waals surface area contributed by atoms with Crippen LogP contribution in [0.2, 0.25) is 0 Å². The van der Waals surface area contributed by atoms with E-state index in [9.17, 15) is 19.5 Å². The third-order valence-corrected chi connectivity index (χ3v) is 4.61.